The fourth-order valence-corrected chi connectivity index (χ4v) is 3.51. The van der Waals surface area contributed by atoms with E-state index in [-0.39, 0.29) is 0 Å². The highest BCUT2D eigenvalue weighted by molar-refractivity contribution is 5.66. The Morgan fingerprint density at radius 3 is 2.56 bits per heavy atom. The molecule has 0 aromatic carbocycles. The third kappa shape index (κ3) is 3.71. The zero-order valence-corrected chi connectivity index (χ0v) is 11.8. The molecule has 0 aromatic heterocycles. The number of carbonyl (C=O) groups is 1. The molecule has 1 atom stereocenters. The molecule has 1 saturated heterocycles. The van der Waals surface area contributed by atoms with Gasteiger partial charge in [0.05, 0.1) is 0 Å². The highest BCUT2D eigenvalue weighted by Crippen LogP contribution is 2.38. The lowest BCUT2D eigenvalue weighted by atomic mass is 9.75. The van der Waals surface area contributed by atoms with E-state index in [1.807, 2.05) is 0 Å². The molecule has 3 heteroatoms. The van der Waals surface area contributed by atoms with Gasteiger partial charge in [-0.25, -0.2) is 0 Å². The molecule has 1 aliphatic heterocycles. The van der Waals surface area contributed by atoms with E-state index in [1.54, 1.807) is 0 Å². The lowest BCUT2D eigenvalue weighted by Crippen LogP contribution is -2.38. The van der Waals surface area contributed by atoms with Crippen molar-refractivity contribution in [2.45, 2.75) is 64.8 Å². The van der Waals surface area contributed by atoms with Gasteiger partial charge in [0.25, 0.3) is 0 Å². The zero-order chi connectivity index (χ0) is 13.2. The molecular weight excluding hydrogens is 226 g/mol. The van der Waals surface area contributed by atoms with Crippen molar-refractivity contribution >= 4 is 5.97 Å². The van der Waals surface area contributed by atoms with E-state index in [9.17, 15) is 4.79 Å². The summed E-state index contributed by atoms with van der Waals surface area (Å²) in [5.74, 6) is -0.0242. The van der Waals surface area contributed by atoms with E-state index in [2.05, 4.69) is 18.7 Å². The fraction of sp³-hybridized carbons (Fsp3) is 0.933. The molecule has 1 saturated carbocycles. The molecule has 2 fully saturated rings. The molecule has 0 amide bonds. The monoisotopic (exact) mass is 253 g/mol. The molecule has 2 rings (SSSR count). The number of likely N-dealkylation sites (tertiary alicyclic amines) is 1. The lowest BCUT2D eigenvalue weighted by molar-refractivity contribution is -0.137. The van der Waals surface area contributed by atoms with Crippen LogP contribution in [0.15, 0.2) is 0 Å². The minimum Gasteiger partial charge on any atom is -0.481 e. The van der Waals surface area contributed by atoms with Crippen LogP contribution in [0.25, 0.3) is 0 Å². The summed E-state index contributed by atoms with van der Waals surface area (Å²) in [5.41, 5.74) is 0.541. The van der Waals surface area contributed by atoms with Crippen molar-refractivity contribution in [1.82, 2.24) is 4.90 Å². The van der Waals surface area contributed by atoms with Gasteiger partial charge < -0.3 is 10.0 Å². The third-order valence-corrected chi connectivity index (χ3v) is 4.91. The second-order valence-corrected chi connectivity index (χ2v) is 6.98. The maximum atomic E-state index is 10.6. The number of hydrogen-bond donors (Lipinski definition) is 1. The first-order valence-corrected chi connectivity index (χ1v) is 7.42. The van der Waals surface area contributed by atoms with E-state index < -0.39 is 5.97 Å². The van der Waals surface area contributed by atoms with Crippen LogP contribution < -0.4 is 0 Å². The van der Waals surface area contributed by atoms with Gasteiger partial charge in [-0.1, -0.05) is 13.8 Å². The smallest absolute Gasteiger partial charge is 0.303 e. The van der Waals surface area contributed by atoms with Gasteiger partial charge >= 0.3 is 5.97 Å². The molecule has 104 valence electrons. The molecule has 0 spiro atoms. The Kier molecular flexibility index (Phi) is 4.31. The Morgan fingerprint density at radius 2 is 1.94 bits per heavy atom. The van der Waals surface area contributed by atoms with Gasteiger partial charge in [0.15, 0.2) is 0 Å². The van der Waals surface area contributed by atoms with E-state index in [0.717, 1.165) is 19.0 Å². The van der Waals surface area contributed by atoms with Crippen LogP contribution in [0.4, 0.5) is 0 Å². The Bertz CT molecular complexity index is 291. The van der Waals surface area contributed by atoms with Crippen LogP contribution in [0.5, 0.6) is 0 Å². The van der Waals surface area contributed by atoms with Crippen molar-refractivity contribution in [3.63, 3.8) is 0 Å². The number of carboxylic acid groups (broad SMARTS) is 1. The van der Waals surface area contributed by atoms with Crippen molar-refractivity contribution in [2.24, 2.45) is 11.3 Å². The van der Waals surface area contributed by atoms with Gasteiger partial charge in [0.2, 0.25) is 0 Å². The van der Waals surface area contributed by atoms with Crippen LogP contribution in [0.2, 0.25) is 0 Å². The summed E-state index contributed by atoms with van der Waals surface area (Å²) in [7, 11) is 0. The molecule has 1 heterocycles. The molecule has 1 unspecified atom stereocenters. The van der Waals surface area contributed by atoms with Crippen LogP contribution in [-0.2, 0) is 4.79 Å². The normalized spacial score (nSPS) is 29.6. The van der Waals surface area contributed by atoms with Crippen LogP contribution in [0.3, 0.4) is 0 Å². The second kappa shape index (κ2) is 5.60. The highest BCUT2D eigenvalue weighted by Gasteiger charge is 2.33. The summed E-state index contributed by atoms with van der Waals surface area (Å²) >= 11 is 0. The van der Waals surface area contributed by atoms with Crippen LogP contribution in [0, 0.1) is 11.3 Å². The van der Waals surface area contributed by atoms with Gasteiger partial charge in [-0.3, -0.25) is 4.79 Å². The Balaban J connectivity index is 1.74. The summed E-state index contributed by atoms with van der Waals surface area (Å²) in [4.78, 5) is 13.2. The van der Waals surface area contributed by atoms with Gasteiger partial charge in [-0.15, -0.1) is 0 Å². The maximum Gasteiger partial charge on any atom is 0.303 e. The van der Waals surface area contributed by atoms with E-state index in [0.29, 0.717) is 17.8 Å². The van der Waals surface area contributed by atoms with Crippen molar-refractivity contribution in [3.8, 4) is 0 Å². The van der Waals surface area contributed by atoms with Gasteiger partial charge in [0, 0.05) is 19.0 Å². The topological polar surface area (TPSA) is 40.5 Å². The zero-order valence-electron chi connectivity index (χ0n) is 11.8. The van der Waals surface area contributed by atoms with Gasteiger partial charge in [-0.2, -0.15) is 0 Å². The summed E-state index contributed by atoms with van der Waals surface area (Å²) in [6.45, 7) is 7.08. The van der Waals surface area contributed by atoms with Crippen molar-refractivity contribution < 1.29 is 9.90 Å². The molecule has 0 bridgehead atoms. The van der Waals surface area contributed by atoms with Crippen LogP contribution in [-0.4, -0.2) is 35.1 Å². The first-order valence-electron chi connectivity index (χ1n) is 7.42. The molecule has 2 aliphatic rings. The number of carboxylic acids is 1. The minimum absolute atomic E-state index is 0.343. The average molecular weight is 253 g/mol. The molecule has 3 nitrogen and oxygen atoms in total. The quantitative estimate of drug-likeness (QED) is 0.836. The first kappa shape index (κ1) is 13.9. The van der Waals surface area contributed by atoms with E-state index in [4.69, 9.17) is 5.11 Å². The predicted octanol–water partition coefficient (Wildman–Crippen LogP) is 3.14. The number of aliphatic carboxylic acids is 1. The predicted molar refractivity (Wildman–Crippen MR) is 72.6 cm³/mol. The fourth-order valence-electron chi connectivity index (χ4n) is 3.51. The first-order chi connectivity index (χ1) is 8.46. The van der Waals surface area contributed by atoms with E-state index >= 15 is 0 Å². The van der Waals surface area contributed by atoms with Gasteiger partial charge in [0.1, 0.15) is 0 Å². The van der Waals surface area contributed by atoms with Crippen molar-refractivity contribution in [1.29, 1.82) is 0 Å². The van der Waals surface area contributed by atoms with Gasteiger partial charge in [-0.05, 0) is 56.4 Å². The summed E-state index contributed by atoms with van der Waals surface area (Å²) < 4.78 is 0. The molecule has 18 heavy (non-hydrogen) atoms. The van der Waals surface area contributed by atoms with Crippen LogP contribution >= 0.6 is 0 Å². The Labute approximate surface area is 111 Å². The SMILES string of the molecule is CC1(C)CCC(N2CCC(CCC(=O)O)C2)CC1. The van der Waals surface area contributed by atoms with Crippen LogP contribution in [0.1, 0.15) is 58.8 Å². The van der Waals surface area contributed by atoms with Crippen molar-refractivity contribution in [3.05, 3.63) is 0 Å². The average Bonchev–Trinajstić information content (AvgIpc) is 2.75. The highest BCUT2D eigenvalue weighted by atomic mass is 16.4. The third-order valence-electron chi connectivity index (χ3n) is 4.91. The summed E-state index contributed by atoms with van der Waals surface area (Å²) in [6.07, 6.45) is 7.76. The molecule has 1 aliphatic carbocycles. The molecule has 0 aromatic rings. The van der Waals surface area contributed by atoms with E-state index in [1.165, 1.54) is 38.6 Å². The standard InChI is InChI=1S/C15H27NO2/c1-15(2)8-5-13(6-9-15)16-10-7-12(11-16)3-4-14(17)18/h12-13H,3-11H2,1-2H3,(H,17,18). The summed E-state index contributed by atoms with van der Waals surface area (Å²) in [6, 6.07) is 0.771. The number of hydrogen-bond acceptors (Lipinski definition) is 2. The molecule has 0 radical (unpaired) electrons. The largest absolute Gasteiger partial charge is 0.481 e. The van der Waals surface area contributed by atoms with Crippen molar-refractivity contribution in [2.75, 3.05) is 13.1 Å². The Morgan fingerprint density at radius 1 is 1.28 bits per heavy atom. The maximum absolute atomic E-state index is 10.6. The summed E-state index contributed by atoms with van der Waals surface area (Å²) in [5, 5.41) is 8.73. The number of rotatable bonds is 4. The Hall–Kier alpha value is -0.570. The lowest BCUT2D eigenvalue weighted by Gasteiger charge is -2.38. The number of nitrogens with zero attached hydrogens (tertiary/aromatic N) is 1. The second-order valence-electron chi connectivity index (χ2n) is 6.98. The minimum atomic E-state index is -0.645. The molecule has 1 N–H and O–H groups in total. The molecular formula is C15H27NO2.